The number of para-hydroxylation sites is 1. The molecule has 0 unspecified atom stereocenters. The zero-order valence-corrected chi connectivity index (χ0v) is 12.5. The molecule has 2 aromatic rings. The fourth-order valence-corrected chi connectivity index (χ4v) is 3.39. The number of amides is 1. The molecule has 1 aliphatic rings. The Morgan fingerprint density at radius 1 is 1.38 bits per heavy atom. The van der Waals surface area contributed by atoms with Gasteiger partial charge in [-0.1, -0.05) is 18.2 Å². The molecule has 6 heteroatoms. The van der Waals surface area contributed by atoms with Crippen molar-refractivity contribution in [3.8, 4) is 0 Å². The molecule has 0 atom stereocenters. The summed E-state index contributed by atoms with van der Waals surface area (Å²) in [6, 6.07) is 8.53. The van der Waals surface area contributed by atoms with Crippen LogP contribution in [0.4, 0.5) is 5.69 Å². The molecule has 0 bridgehead atoms. The van der Waals surface area contributed by atoms with E-state index in [0.717, 1.165) is 25.2 Å². The van der Waals surface area contributed by atoms with E-state index in [4.69, 9.17) is 5.84 Å². The molecule has 0 saturated heterocycles. The Kier molecular flexibility index (Phi) is 4.17. The molecule has 1 aromatic carbocycles. The van der Waals surface area contributed by atoms with E-state index in [0.29, 0.717) is 5.01 Å². The van der Waals surface area contributed by atoms with Crippen LogP contribution >= 0.6 is 11.3 Å². The summed E-state index contributed by atoms with van der Waals surface area (Å²) < 4.78 is 0. The van der Waals surface area contributed by atoms with Crippen LogP contribution in [0.3, 0.4) is 0 Å². The van der Waals surface area contributed by atoms with E-state index in [-0.39, 0.29) is 5.91 Å². The largest absolute Gasteiger partial charge is 0.365 e. The molecule has 0 spiro atoms. The van der Waals surface area contributed by atoms with Gasteiger partial charge in [0.1, 0.15) is 0 Å². The molecule has 0 radical (unpaired) electrons. The van der Waals surface area contributed by atoms with Crippen LogP contribution in [-0.4, -0.2) is 17.4 Å². The van der Waals surface area contributed by atoms with Crippen LogP contribution in [0.1, 0.15) is 33.9 Å². The molecular formula is C15H18N4OS. The number of nitrogens with one attached hydrogen (secondary N) is 1. The molecule has 0 aliphatic carbocycles. The van der Waals surface area contributed by atoms with E-state index in [9.17, 15) is 4.79 Å². The first-order chi connectivity index (χ1) is 10.3. The second-order valence-corrected chi connectivity index (χ2v) is 5.98. The number of benzene rings is 1. The molecule has 3 N–H and O–H groups in total. The number of hydrogen-bond donors (Lipinski definition) is 2. The highest BCUT2D eigenvalue weighted by molar-refractivity contribution is 7.11. The highest BCUT2D eigenvalue weighted by Gasteiger charge is 2.17. The summed E-state index contributed by atoms with van der Waals surface area (Å²) in [5.74, 6) is 4.81. The molecule has 1 aliphatic heterocycles. The summed E-state index contributed by atoms with van der Waals surface area (Å²) in [5.41, 5.74) is 5.71. The highest BCUT2D eigenvalue weighted by atomic mass is 32.1. The van der Waals surface area contributed by atoms with Gasteiger partial charge < -0.3 is 4.90 Å². The van der Waals surface area contributed by atoms with Gasteiger partial charge in [-0.3, -0.25) is 10.2 Å². The summed E-state index contributed by atoms with van der Waals surface area (Å²) in [5, 5.41) is 2.34. The summed E-state index contributed by atoms with van der Waals surface area (Å²) in [7, 11) is 0. The number of nitrogens with zero attached hydrogens (tertiary/aromatic N) is 2. The number of nitrogen functional groups attached to an aromatic ring is 1. The first kappa shape index (κ1) is 14.0. The third-order valence-corrected chi connectivity index (χ3v) is 4.58. The van der Waals surface area contributed by atoms with Gasteiger partial charge in [0.05, 0.1) is 12.2 Å². The average molecular weight is 302 g/mol. The fraction of sp³-hybridized carbons (Fsp3) is 0.333. The van der Waals surface area contributed by atoms with Crippen LogP contribution < -0.4 is 16.2 Å². The lowest BCUT2D eigenvalue weighted by Gasteiger charge is -2.24. The van der Waals surface area contributed by atoms with E-state index in [1.54, 1.807) is 0 Å². The average Bonchev–Trinajstić information content (AvgIpc) is 2.89. The molecule has 110 valence electrons. The van der Waals surface area contributed by atoms with Crippen LogP contribution in [0, 0.1) is 0 Å². The zero-order valence-electron chi connectivity index (χ0n) is 11.7. The van der Waals surface area contributed by atoms with E-state index < -0.39 is 0 Å². The number of carbonyl (C=O) groups excluding carboxylic acids is 1. The first-order valence-electron chi connectivity index (χ1n) is 7.06. The number of rotatable bonds is 3. The molecule has 0 fully saturated rings. The van der Waals surface area contributed by atoms with Crippen LogP contribution in [0.25, 0.3) is 0 Å². The first-order valence-corrected chi connectivity index (χ1v) is 7.94. The maximum Gasteiger partial charge on any atom is 0.294 e. The molecule has 1 aromatic heterocycles. The van der Waals surface area contributed by atoms with Crippen molar-refractivity contribution < 1.29 is 4.79 Å². The number of fused-ring (bicyclic) bond motifs is 1. The minimum absolute atomic E-state index is 0.331. The van der Waals surface area contributed by atoms with Crippen molar-refractivity contribution in [2.45, 2.75) is 25.8 Å². The topological polar surface area (TPSA) is 71.2 Å². The van der Waals surface area contributed by atoms with Gasteiger partial charge in [-0.05, 0) is 30.9 Å². The predicted octanol–water partition coefficient (Wildman–Crippen LogP) is 2.09. The van der Waals surface area contributed by atoms with Gasteiger partial charge in [0.15, 0.2) is 5.01 Å². The number of nitrogens with two attached hydrogens (primary N) is 1. The number of hydrazine groups is 1. The Morgan fingerprint density at radius 2 is 2.24 bits per heavy atom. The lowest BCUT2D eigenvalue weighted by atomic mass is 10.1. The van der Waals surface area contributed by atoms with Crippen molar-refractivity contribution >= 4 is 22.9 Å². The number of thiazole rings is 1. The van der Waals surface area contributed by atoms with Crippen molar-refractivity contribution in [3.05, 3.63) is 45.9 Å². The van der Waals surface area contributed by atoms with Crippen molar-refractivity contribution in [2.24, 2.45) is 5.84 Å². The van der Waals surface area contributed by atoms with Crippen LogP contribution in [0.5, 0.6) is 0 Å². The Labute approximate surface area is 127 Å². The van der Waals surface area contributed by atoms with Crippen LogP contribution in [0.2, 0.25) is 0 Å². The van der Waals surface area contributed by atoms with Gasteiger partial charge in [-0.15, -0.1) is 11.3 Å². The quantitative estimate of drug-likeness (QED) is 0.517. The third-order valence-electron chi connectivity index (χ3n) is 3.69. The predicted molar refractivity (Wildman–Crippen MR) is 84.2 cm³/mol. The zero-order chi connectivity index (χ0) is 14.7. The van der Waals surface area contributed by atoms with Crippen molar-refractivity contribution in [2.75, 3.05) is 11.4 Å². The van der Waals surface area contributed by atoms with Gasteiger partial charge in [0, 0.05) is 17.6 Å². The monoisotopic (exact) mass is 302 g/mol. The minimum atomic E-state index is -0.331. The smallest absolute Gasteiger partial charge is 0.294 e. The second kappa shape index (κ2) is 6.24. The highest BCUT2D eigenvalue weighted by Crippen LogP contribution is 2.27. The number of carbonyl (C=O) groups is 1. The summed E-state index contributed by atoms with van der Waals surface area (Å²) in [6.45, 7) is 1.75. The fourth-order valence-electron chi connectivity index (χ4n) is 2.67. The number of aryl methyl sites for hydroxylation is 1. The summed E-state index contributed by atoms with van der Waals surface area (Å²) >= 11 is 1.33. The number of aromatic nitrogens is 1. The number of anilines is 1. The lowest BCUT2D eigenvalue weighted by molar-refractivity contribution is 0.0953. The molecule has 2 heterocycles. The van der Waals surface area contributed by atoms with Crippen molar-refractivity contribution in [1.82, 2.24) is 10.4 Å². The Bertz CT molecular complexity index is 640. The lowest BCUT2D eigenvalue weighted by Crippen LogP contribution is -2.30. The Balaban J connectivity index is 1.81. The van der Waals surface area contributed by atoms with Gasteiger partial charge in [-0.25, -0.2) is 10.8 Å². The third kappa shape index (κ3) is 3.06. The minimum Gasteiger partial charge on any atom is -0.365 e. The van der Waals surface area contributed by atoms with Crippen LogP contribution in [0.15, 0.2) is 29.6 Å². The molecule has 3 rings (SSSR count). The molecule has 0 saturated carbocycles. The SMILES string of the molecule is NNC(=O)c1nc(CN2CCCCc3ccccc32)cs1. The molecule has 21 heavy (non-hydrogen) atoms. The van der Waals surface area contributed by atoms with Crippen molar-refractivity contribution in [3.63, 3.8) is 0 Å². The Morgan fingerprint density at radius 3 is 3.10 bits per heavy atom. The van der Waals surface area contributed by atoms with E-state index >= 15 is 0 Å². The normalized spacial score (nSPS) is 14.4. The summed E-state index contributed by atoms with van der Waals surface area (Å²) in [6.07, 6.45) is 3.52. The number of hydrogen-bond acceptors (Lipinski definition) is 5. The summed E-state index contributed by atoms with van der Waals surface area (Å²) in [4.78, 5) is 18.2. The second-order valence-electron chi connectivity index (χ2n) is 5.12. The van der Waals surface area contributed by atoms with E-state index in [2.05, 4.69) is 39.6 Å². The standard InChI is InChI=1S/C15H18N4OS/c16-18-14(20)15-17-12(10-21-15)9-19-8-4-3-6-11-5-1-2-7-13(11)19/h1-2,5,7,10H,3-4,6,8-9,16H2,(H,18,20). The van der Waals surface area contributed by atoms with Crippen LogP contribution in [-0.2, 0) is 13.0 Å². The molecule has 5 nitrogen and oxygen atoms in total. The maximum absolute atomic E-state index is 11.5. The van der Waals surface area contributed by atoms with Gasteiger partial charge >= 0.3 is 0 Å². The van der Waals surface area contributed by atoms with Gasteiger partial charge in [-0.2, -0.15) is 0 Å². The van der Waals surface area contributed by atoms with E-state index in [1.165, 1.54) is 35.4 Å². The van der Waals surface area contributed by atoms with E-state index in [1.807, 2.05) is 5.38 Å². The molecular weight excluding hydrogens is 284 g/mol. The van der Waals surface area contributed by atoms with Gasteiger partial charge in [0.2, 0.25) is 0 Å². The Hall–Kier alpha value is -1.92. The maximum atomic E-state index is 11.5. The van der Waals surface area contributed by atoms with Crippen molar-refractivity contribution in [1.29, 1.82) is 0 Å². The van der Waals surface area contributed by atoms with Gasteiger partial charge in [0.25, 0.3) is 5.91 Å². The molecule has 1 amide bonds.